The standard InChI is InChI=1S/C20H22N2O2/c1-13(2)24-18-7-5-16(6-8-18)20(23)21-12-15-4-9-19-17(11-15)10-14(3)22-19/h4-11,13,22H,12H2,1-3H3,(H,21,23). The molecule has 1 heterocycles. The van der Waals surface area contributed by atoms with Crippen molar-refractivity contribution in [3.8, 4) is 5.75 Å². The summed E-state index contributed by atoms with van der Waals surface area (Å²) in [6.45, 7) is 6.49. The minimum atomic E-state index is -0.0866. The molecule has 0 aliphatic carbocycles. The number of aromatic nitrogens is 1. The number of rotatable bonds is 5. The largest absolute Gasteiger partial charge is 0.491 e. The Morgan fingerprint density at radius 3 is 2.58 bits per heavy atom. The van der Waals surface area contributed by atoms with Gasteiger partial charge in [-0.1, -0.05) is 6.07 Å². The van der Waals surface area contributed by atoms with Crippen molar-refractivity contribution in [2.24, 2.45) is 0 Å². The van der Waals surface area contributed by atoms with Gasteiger partial charge >= 0.3 is 0 Å². The minimum Gasteiger partial charge on any atom is -0.491 e. The van der Waals surface area contributed by atoms with Crippen LogP contribution >= 0.6 is 0 Å². The van der Waals surface area contributed by atoms with Crippen LogP contribution in [0.1, 0.15) is 35.5 Å². The van der Waals surface area contributed by atoms with Crippen molar-refractivity contribution in [3.05, 3.63) is 65.4 Å². The number of ether oxygens (including phenoxy) is 1. The van der Waals surface area contributed by atoms with Crippen molar-refractivity contribution >= 4 is 16.8 Å². The average Bonchev–Trinajstić information content (AvgIpc) is 2.92. The average molecular weight is 322 g/mol. The maximum atomic E-state index is 12.3. The SMILES string of the molecule is Cc1cc2cc(CNC(=O)c3ccc(OC(C)C)cc3)ccc2[nH]1. The van der Waals surface area contributed by atoms with Crippen molar-refractivity contribution in [1.82, 2.24) is 10.3 Å². The van der Waals surface area contributed by atoms with E-state index in [4.69, 9.17) is 4.74 Å². The molecule has 3 rings (SSSR count). The van der Waals surface area contributed by atoms with E-state index in [2.05, 4.69) is 22.4 Å². The van der Waals surface area contributed by atoms with Gasteiger partial charge in [-0.25, -0.2) is 0 Å². The van der Waals surface area contributed by atoms with Crippen LogP contribution in [-0.4, -0.2) is 17.0 Å². The van der Waals surface area contributed by atoms with E-state index in [-0.39, 0.29) is 12.0 Å². The molecule has 3 aromatic rings. The van der Waals surface area contributed by atoms with Gasteiger partial charge in [0.2, 0.25) is 0 Å². The van der Waals surface area contributed by atoms with Gasteiger partial charge in [-0.2, -0.15) is 0 Å². The number of carbonyl (C=O) groups excluding carboxylic acids is 1. The van der Waals surface area contributed by atoms with Crippen LogP contribution in [0, 0.1) is 6.92 Å². The molecule has 0 aliphatic rings. The van der Waals surface area contributed by atoms with E-state index in [0.29, 0.717) is 12.1 Å². The first-order chi connectivity index (χ1) is 11.5. The first kappa shape index (κ1) is 16.1. The number of carbonyl (C=O) groups is 1. The quantitative estimate of drug-likeness (QED) is 0.740. The van der Waals surface area contributed by atoms with Crippen molar-refractivity contribution in [1.29, 1.82) is 0 Å². The van der Waals surface area contributed by atoms with Gasteiger partial charge in [0.25, 0.3) is 5.91 Å². The van der Waals surface area contributed by atoms with Crippen molar-refractivity contribution in [3.63, 3.8) is 0 Å². The Bertz CT molecular complexity index is 848. The highest BCUT2D eigenvalue weighted by molar-refractivity contribution is 5.94. The van der Waals surface area contributed by atoms with Gasteiger partial charge in [-0.15, -0.1) is 0 Å². The molecule has 0 atom stereocenters. The lowest BCUT2D eigenvalue weighted by molar-refractivity contribution is 0.0951. The number of aromatic amines is 1. The molecule has 0 saturated heterocycles. The van der Waals surface area contributed by atoms with E-state index in [9.17, 15) is 4.79 Å². The van der Waals surface area contributed by atoms with E-state index in [0.717, 1.165) is 27.9 Å². The molecule has 0 spiro atoms. The summed E-state index contributed by atoms with van der Waals surface area (Å²) in [6, 6.07) is 15.5. The highest BCUT2D eigenvalue weighted by Crippen LogP contribution is 2.17. The zero-order chi connectivity index (χ0) is 17.1. The highest BCUT2D eigenvalue weighted by Gasteiger charge is 2.07. The molecule has 0 radical (unpaired) electrons. The third kappa shape index (κ3) is 3.77. The van der Waals surface area contributed by atoms with Crippen LogP contribution in [0.15, 0.2) is 48.5 Å². The van der Waals surface area contributed by atoms with Crippen LogP contribution < -0.4 is 10.1 Å². The molecule has 2 aromatic carbocycles. The molecular weight excluding hydrogens is 300 g/mol. The van der Waals surface area contributed by atoms with Gasteiger partial charge in [0.1, 0.15) is 5.75 Å². The van der Waals surface area contributed by atoms with Crippen molar-refractivity contribution in [2.45, 2.75) is 33.4 Å². The molecule has 0 unspecified atom stereocenters. The van der Waals surface area contributed by atoms with Gasteiger partial charge in [-0.3, -0.25) is 4.79 Å². The van der Waals surface area contributed by atoms with Gasteiger partial charge in [0.15, 0.2) is 0 Å². The molecule has 124 valence electrons. The first-order valence-corrected chi connectivity index (χ1v) is 8.14. The lowest BCUT2D eigenvalue weighted by atomic mass is 10.1. The predicted molar refractivity (Wildman–Crippen MR) is 96.4 cm³/mol. The Morgan fingerprint density at radius 2 is 1.88 bits per heavy atom. The molecule has 0 bridgehead atoms. The Kier molecular flexibility index (Phi) is 4.56. The summed E-state index contributed by atoms with van der Waals surface area (Å²) in [4.78, 5) is 15.6. The van der Waals surface area contributed by atoms with Crippen molar-refractivity contribution in [2.75, 3.05) is 0 Å². The van der Waals surface area contributed by atoms with E-state index in [1.807, 2.05) is 45.0 Å². The monoisotopic (exact) mass is 322 g/mol. The van der Waals surface area contributed by atoms with Gasteiger partial charge in [-0.05, 0) is 74.2 Å². The molecule has 0 fully saturated rings. The lowest BCUT2D eigenvalue weighted by Crippen LogP contribution is -2.22. The number of hydrogen-bond acceptors (Lipinski definition) is 2. The van der Waals surface area contributed by atoms with Gasteiger partial charge < -0.3 is 15.0 Å². The van der Waals surface area contributed by atoms with E-state index in [1.54, 1.807) is 12.1 Å². The topological polar surface area (TPSA) is 54.1 Å². The fourth-order valence-corrected chi connectivity index (χ4v) is 2.68. The summed E-state index contributed by atoms with van der Waals surface area (Å²) in [6.07, 6.45) is 0.122. The predicted octanol–water partition coefficient (Wildman–Crippen LogP) is 4.19. The summed E-state index contributed by atoms with van der Waals surface area (Å²) in [5.74, 6) is 0.686. The number of fused-ring (bicyclic) bond motifs is 1. The second kappa shape index (κ2) is 6.79. The molecule has 1 amide bonds. The number of aryl methyl sites for hydroxylation is 1. The molecule has 4 nitrogen and oxygen atoms in total. The van der Waals surface area contributed by atoms with Crippen LogP contribution in [0.3, 0.4) is 0 Å². The van der Waals surface area contributed by atoms with Crippen LogP contribution in [0.5, 0.6) is 5.75 Å². The fourth-order valence-electron chi connectivity index (χ4n) is 2.68. The van der Waals surface area contributed by atoms with E-state index < -0.39 is 0 Å². The summed E-state index contributed by atoms with van der Waals surface area (Å²) in [5, 5.41) is 4.12. The highest BCUT2D eigenvalue weighted by atomic mass is 16.5. The summed E-state index contributed by atoms with van der Waals surface area (Å²) < 4.78 is 5.59. The number of benzene rings is 2. The molecule has 1 aromatic heterocycles. The zero-order valence-corrected chi connectivity index (χ0v) is 14.2. The summed E-state index contributed by atoms with van der Waals surface area (Å²) in [5.41, 5.74) is 3.96. The number of H-pyrrole nitrogens is 1. The first-order valence-electron chi connectivity index (χ1n) is 8.14. The molecule has 0 aliphatic heterocycles. The third-order valence-corrected chi connectivity index (χ3v) is 3.76. The second-order valence-electron chi connectivity index (χ2n) is 6.25. The van der Waals surface area contributed by atoms with Crippen LogP contribution in [0.2, 0.25) is 0 Å². The third-order valence-electron chi connectivity index (χ3n) is 3.76. The van der Waals surface area contributed by atoms with Gasteiger partial charge in [0, 0.05) is 23.3 Å². The summed E-state index contributed by atoms with van der Waals surface area (Å²) in [7, 11) is 0. The number of nitrogens with one attached hydrogen (secondary N) is 2. The minimum absolute atomic E-state index is 0.0866. The fraction of sp³-hybridized carbons (Fsp3) is 0.250. The zero-order valence-electron chi connectivity index (χ0n) is 14.2. The van der Waals surface area contributed by atoms with Crippen molar-refractivity contribution < 1.29 is 9.53 Å². The maximum absolute atomic E-state index is 12.3. The summed E-state index contributed by atoms with van der Waals surface area (Å²) >= 11 is 0. The molecule has 24 heavy (non-hydrogen) atoms. The molecule has 0 saturated carbocycles. The van der Waals surface area contributed by atoms with E-state index >= 15 is 0 Å². The second-order valence-corrected chi connectivity index (χ2v) is 6.25. The molecular formula is C20H22N2O2. The van der Waals surface area contributed by atoms with E-state index in [1.165, 1.54) is 0 Å². The van der Waals surface area contributed by atoms with Crippen LogP contribution in [0.25, 0.3) is 10.9 Å². The normalized spacial score (nSPS) is 11.0. The Hall–Kier alpha value is -2.75. The Labute approximate surface area is 141 Å². The smallest absolute Gasteiger partial charge is 0.251 e. The van der Waals surface area contributed by atoms with Gasteiger partial charge in [0.05, 0.1) is 6.10 Å². The molecule has 2 N–H and O–H groups in total. The number of hydrogen-bond donors (Lipinski definition) is 2. The van der Waals surface area contributed by atoms with Crippen LogP contribution in [0.4, 0.5) is 0 Å². The Morgan fingerprint density at radius 1 is 1.12 bits per heavy atom. The Balaban J connectivity index is 1.63. The number of amides is 1. The molecule has 4 heteroatoms. The van der Waals surface area contributed by atoms with Crippen LogP contribution in [-0.2, 0) is 6.54 Å². The lowest BCUT2D eigenvalue weighted by Gasteiger charge is -2.10. The maximum Gasteiger partial charge on any atom is 0.251 e.